The summed E-state index contributed by atoms with van der Waals surface area (Å²) in [5, 5.41) is 4.91. The van der Waals surface area contributed by atoms with Crippen molar-refractivity contribution in [3.05, 3.63) is 83.9 Å². The van der Waals surface area contributed by atoms with Crippen molar-refractivity contribution >= 4 is 16.8 Å². The number of carbonyl (C=O) groups excluding carboxylic acids is 1. The van der Waals surface area contributed by atoms with Gasteiger partial charge in [-0.05, 0) is 35.9 Å². The number of aromatic nitrogens is 2. The zero-order valence-electron chi connectivity index (χ0n) is 17.0. The van der Waals surface area contributed by atoms with E-state index >= 15 is 0 Å². The molecule has 5 rings (SSSR count). The minimum Gasteiger partial charge on any atom is -0.488 e. The van der Waals surface area contributed by atoms with Crippen LogP contribution in [-0.2, 0) is 13.0 Å². The van der Waals surface area contributed by atoms with Crippen LogP contribution in [0.5, 0.6) is 11.5 Å². The van der Waals surface area contributed by atoms with Gasteiger partial charge in [0.05, 0.1) is 12.1 Å². The van der Waals surface area contributed by atoms with Crippen molar-refractivity contribution < 1.29 is 18.8 Å². The van der Waals surface area contributed by atoms with Crippen molar-refractivity contribution in [1.82, 2.24) is 15.0 Å². The van der Waals surface area contributed by atoms with Gasteiger partial charge in [0.2, 0.25) is 0 Å². The van der Waals surface area contributed by atoms with E-state index in [4.69, 9.17) is 14.0 Å². The molecule has 0 spiro atoms. The lowest BCUT2D eigenvalue weighted by molar-refractivity contribution is 0.0720. The van der Waals surface area contributed by atoms with Gasteiger partial charge in [0.1, 0.15) is 24.2 Å². The number of nitrogens with zero attached hydrogens (tertiary/aromatic N) is 3. The average Bonchev–Trinajstić information content (AvgIpc) is 3.43. The average molecular weight is 415 g/mol. The highest BCUT2D eigenvalue weighted by molar-refractivity contribution is 5.92. The van der Waals surface area contributed by atoms with E-state index in [-0.39, 0.29) is 24.3 Å². The number of rotatable bonds is 6. The molecule has 1 atom stereocenters. The van der Waals surface area contributed by atoms with Gasteiger partial charge in [-0.3, -0.25) is 9.78 Å². The molecule has 1 aliphatic rings. The molecule has 0 fully saturated rings. The Morgan fingerprint density at radius 3 is 2.97 bits per heavy atom. The van der Waals surface area contributed by atoms with Crippen LogP contribution in [-0.4, -0.2) is 40.6 Å². The molecule has 2 aromatic heterocycles. The number of fused-ring (bicyclic) bond motifs is 2. The fraction of sp³-hybridized carbons (Fsp3) is 0.208. The lowest BCUT2D eigenvalue weighted by atomic mass is 10.1. The molecule has 1 aliphatic heterocycles. The van der Waals surface area contributed by atoms with Crippen LogP contribution in [0.2, 0.25) is 0 Å². The molecule has 0 radical (unpaired) electrons. The smallest absolute Gasteiger partial charge is 0.275 e. The van der Waals surface area contributed by atoms with Gasteiger partial charge in [-0.15, -0.1) is 0 Å². The Labute approximate surface area is 179 Å². The molecule has 1 amide bonds. The minimum atomic E-state index is -0.216. The maximum absolute atomic E-state index is 12.7. The standard InChI is InChI=1S/C24H21N3O4/c1-27(14-19-12-17-5-2-3-7-23(17)30-19)24(28)22-13-20(31-26-22)15-29-18-8-9-21-16(11-18)6-4-10-25-21/h2-11,13,19H,12,14-15H2,1H3/t19-/m1/s1. The first-order chi connectivity index (χ1) is 15.2. The summed E-state index contributed by atoms with van der Waals surface area (Å²) in [7, 11) is 1.74. The third-order valence-corrected chi connectivity index (χ3v) is 5.27. The van der Waals surface area contributed by atoms with E-state index < -0.39 is 0 Å². The van der Waals surface area contributed by atoms with Gasteiger partial charge in [-0.25, -0.2) is 0 Å². The van der Waals surface area contributed by atoms with Gasteiger partial charge in [-0.2, -0.15) is 0 Å². The molecule has 3 heterocycles. The molecule has 4 aromatic rings. The van der Waals surface area contributed by atoms with Gasteiger partial charge in [0.15, 0.2) is 11.5 Å². The van der Waals surface area contributed by atoms with E-state index in [1.54, 1.807) is 24.2 Å². The molecule has 7 nitrogen and oxygen atoms in total. The molecule has 0 bridgehead atoms. The molecule has 0 aliphatic carbocycles. The molecule has 0 saturated heterocycles. The summed E-state index contributed by atoms with van der Waals surface area (Å²) in [6.45, 7) is 0.647. The van der Waals surface area contributed by atoms with E-state index in [2.05, 4.69) is 10.1 Å². The first kappa shape index (κ1) is 19.1. The Morgan fingerprint density at radius 1 is 1.16 bits per heavy atom. The molecule has 0 N–H and O–H groups in total. The third-order valence-electron chi connectivity index (χ3n) is 5.27. The normalized spacial score (nSPS) is 14.8. The van der Waals surface area contributed by atoms with Crippen LogP contribution in [0.4, 0.5) is 0 Å². The number of para-hydroxylation sites is 1. The number of amides is 1. The Bertz CT molecular complexity index is 1210. The zero-order chi connectivity index (χ0) is 21.2. The van der Waals surface area contributed by atoms with Crippen LogP contribution in [0.1, 0.15) is 21.8 Å². The molecular weight excluding hydrogens is 394 g/mol. The molecule has 156 valence electrons. The maximum Gasteiger partial charge on any atom is 0.275 e. The van der Waals surface area contributed by atoms with E-state index in [0.717, 1.165) is 23.1 Å². The Balaban J connectivity index is 1.18. The first-order valence-electron chi connectivity index (χ1n) is 10.1. The summed E-state index contributed by atoms with van der Waals surface area (Å²) < 4.78 is 17.0. The van der Waals surface area contributed by atoms with Gasteiger partial charge in [-0.1, -0.05) is 29.4 Å². The highest BCUT2D eigenvalue weighted by atomic mass is 16.5. The zero-order valence-corrected chi connectivity index (χ0v) is 17.0. The molecule has 0 unspecified atom stereocenters. The van der Waals surface area contributed by atoms with Crippen molar-refractivity contribution in [3.63, 3.8) is 0 Å². The van der Waals surface area contributed by atoms with Gasteiger partial charge in [0.25, 0.3) is 5.91 Å². The fourth-order valence-electron chi connectivity index (χ4n) is 3.72. The quantitative estimate of drug-likeness (QED) is 0.476. The highest BCUT2D eigenvalue weighted by Gasteiger charge is 2.26. The minimum absolute atomic E-state index is 0.0663. The fourth-order valence-corrected chi connectivity index (χ4v) is 3.72. The Hall–Kier alpha value is -3.87. The lowest BCUT2D eigenvalue weighted by Gasteiger charge is -2.19. The van der Waals surface area contributed by atoms with Crippen molar-refractivity contribution in [2.75, 3.05) is 13.6 Å². The lowest BCUT2D eigenvalue weighted by Crippen LogP contribution is -2.36. The van der Waals surface area contributed by atoms with E-state index in [1.165, 1.54) is 5.56 Å². The number of hydrogen-bond acceptors (Lipinski definition) is 6. The van der Waals surface area contributed by atoms with Crippen LogP contribution in [0, 0.1) is 0 Å². The van der Waals surface area contributed by atoms with Crippen molar-refractivity contribution in [2.24, 2.45) is 0 Å². The molecule has 2 aromatic carbocycles. The third kappa shape index (κ3) is 4.07. The SMILES string of the molecule is CN(C[C@H]1Cc2ccccc2O1)C(=O)c1cc(COc2ccc3ncccc3c2)on1. The topological polar surface area (TPSA) is 77.7 Å². The first-order valence-corrected chi connectivity index (χ1v) is 10.1. The second kappa shape index (κ2) is 8.10. The summed E-state index contributed by atoms with van der Waals surface area (Å²) in [6, 6.07) is 19.1. The van der Waals surface area contributed by atoms with E-state index in [0.29, 0.717) is 18.1 Å². The van der Waals surface area contributed by atoms with Crippen LogP contribution in [0.25, 0.3) is 10.9 Å². The molecule has 31 heavy (non-hydrogen) atoms. The van der Waals surface area contributed by atoms with Gasteiger partial charge >= 0.3 is 0 Å². The number of hydrogen-bond donors (Lipinski definition) is 0. The van der Waals surface area contributed by atoms with Crippen molar-refractivity contribution in [1.29, 1.82) is 0 Å². The summed E-state index contributed by atoms with van der Waals surface area (Å²) in [6.07, 6.45) is 2.47. The van der Waals surface area contributed by atoms with Crippen molar-refractivity contribution in [3.8, 4) is 11.5 Å². The largest absolute Gasteiger partial charge is 0.488 e. The number of pyridine rings is 1. The summed E-state index contributed by atoms with van der Waals surface area (Å²) >= 11 is 0. The van der Waals surface area contributed by atoms with Crippen LogP contribution >= 0.6 is 0 Å². The molecular formula is C24H21N3O4. The van der Waals surface area contributed by atoms with Gasteiger partial charge < -0.3 is 18.9 Å². The van der Waals surface area contributed by atoms with Gasteiger partial charge in [0, 0.05) is 31.1 Å². The van der Waals surface area contributed by atoms with E-state index in [1.807, 2.05) is 54.6 Å². The summed E-state index contributed by atoms with van der Waals surface area (Å²) in [5.74, 6) is 1.84. The second-order valence-electron chi connectivity index (χ2n) is 7.56. The monoisotopic (exact) mass is 415 g/mol. The highest BCUT2D eigenvalue weighted by Crippen LogP contribution is 2.28. The summed E-state index contributed by atoms with van der Waals surface area (Å²) in [4.78, 5) is 18.6. The van der Waals surface area contributed by atoms with Crippen LogP contribution in [0.3, 0.4) is 0 Å². The number of ether oxygens (including phenoxy) is 2. The van der Waals surface area contributed by atoms with Crippen molar-refractivity contribution in [2.45, 2.75) is 19.1 Å². The van der Waals surface area contributed by atoms with Crippen LogP contribution in [0.15, 0.2) is 71.4 Å². The Morgan fingerprint density at radius 2 is 2.06 bits per heavy atom. The maximum atomic E-state index is 12.7. The predicted molar refractivity (Wildman–Crippen MR) is 114 cm³/mol. The summed E-state index contributed by atoms with van der Waals surface area (Å²) in [5.41, 5.74) is 2.32. The number of likely N-dealkylation sites (N-methyl/N-ethyl adjacent to an activating group) is 1. The predicted octanol–water partition coefficient (Wildman–Crippen LogP) is 3.88. The Kier molecular flexibility index (Phi) is 5.00. The number of carbonyl (C=O) groups is 1. The van der Waals surface area contributed by atoms with Crippen LogP contribution < -0.4 is 9.47 Å². The van der Waals surface area contributed by atoms with E-state index in [9.17, 15) is 4.79 Å². The molecule has 0 saturated carbocycles. The molecule has 7 heteroatoms. The second-order valence-corrected chi connectivity index (χ2v) is 7.56. The number of benzene rings is 2.